The van der Waals surface area contributed by atoms with Crippen molar-refractivity contribution in [2.45, 2.75) is 25.4 Å². The summed E-state index contributed by atoms with van der Waals surface area (Å²) in [6.45, 7) is 1.64. The standard InChI is InChI=1S/C14H18FNO3/c1-14(18,10-6-7-10)9-16-13(17)8-19-12-5-3-2-4-11(12)15/h2-5,10,18H,6-9H2,1H3,(H,16,17)/t14-/m1/s1. The number of nitrogens with one attached hydrogen (secondary N) is 1. The van der Waals surface area contributed by atoms with Crippen molar-refractivity contribution in [3.8, 4) is 5.75 Å². The normalized spacial score (nSPS) is 17.6. The molecule has 4 nitrogen and oxygen atoms in total. The summed E-state index contributed by atoms with van der Waals surface area (Å²) in [5.41, 5.74) is -0.867. The summed E-state index contributed by atoms with van der Waals surface area (Å²) in [5, 5.41) is 12.6. The Kier molecular flexibility index (Phi) is 4.04. The molecule has 5 heteroatoms. The second-order valence-electron chi connectivity index (χ2n) is 5.13. The van der Waals surface area contributed by atoms with Gasteiger partial charge in [0.2, 0.25) is 0 Å². The molecule has 0 aromatic heterocycles. The molecule has 1 aromatic carbocycles. The number of carbonyl (C=O) groups excluding carboxylic acids is 1. The van der Waals surface area contributed by atoms with E-state index in [1.807, 2.05) is 0 Å². The lowest BCUT2D eigenvalue weighted by Gasteiger charge is -2.23. The first kappa shape index (κ1) is 13.8. The van der Waals surface area contributed by atoms with Crippen molar-refractivity contribution in [3.63, 3.8) is 0 Å². The number of halogens is 1. The molecule has 1 amide bonds. The summed E-state index contributed by atoms with van der Waals surface area (Å²) in [6, 6.07) is 5.91. The van der Waals surface area contributed by atoms with Gasteiger partial charge in [0, 0.05) is 6.54 Å². The zero-order chi connectivity index (χ0) is 13.9. The molecule has 0 aliphatic heterocycles. The van der Waals surface area contributed by atoms with Crippen molar-refractivity contribution in [1.82, 2.24) is 5.32 Å². The third-order valence-electron chi connectivity index (χ3n) is 3.30. The van der Waals surface area contributed by atoms with E-state index < -0.39 is 11.4 Å². The van der Waals surface area contributed by atoms with Crippen LogP contribution in [0.15, 0.2) is 24.3 Å². The summed E-state index contributed by atoms with van der Waals surface area (Å²) in [7, 11) is 0. The van der Waals surface area contributed by atoms with Crippen molar-refractivity contribution in [1.29, 1.82) is 0 Å². The van der Waals surface area contributed by atoms with Crippen LogP contribution in [0.1, 0.15) is 19.8 Å². The van der Waals surface area contributed by atoms with Crippen LogP contribution in [0.25, 0.3) is 0 Å². The van der Waals surface area contributed by atoms with E-state index >= 15 is 0 Å². The number of aliphatic hydroxyl groups is 1. The van der Waals surface area contributed by atoms with Gasteiger partial charge in [0.25, 0.3) is 5.91 Å². The van der Waals surface area contributed by atoms with Crippen LogP contribution in [-0.4, -0.2) is 29.8 Å². The number of rotatable bonds is 6. The molecule has 1 aromatic rings. The molecule has 0 radical (unpaired) electrons. The van der Waals surface area contributed by atoms with Crippen molar-refractivity contribution in [2.24, 2.45) is 5.92 Å². The summed E-state index contributed by atoms with van der Waals surface area (Å²) < 4.78 is 18.3. The Morgan fingerprint density at radius 3 is 2.84 bits per heavy atom. The van der Waals surface area contributed by atoms with Gasteiger partial charge in [0.15, 0.2) is 18.2 Å². The van der Waals surface area contributed by atoms with Gasteiger partial charge in [0.1, 0.15) is 0 Å². The first-order valence-electron chi connectivity index (χ1n) is 6.35. The maximum absolute atomic E-state index is 13.2. The molecule has 1 atom stereocenters. The molecule has 0 heterocycles. The minimum atomic E-state index is -0.867. The molecule has 0 bridgehead atoms. The molecule has 1 saturated carbocycles. The van der Waals surface area contributed by atoms with E-state index in [-0.39, 0.29) is 30.7 Å². The predicted molar refractivity (Wildman–Crippen MR) is 68.3 cm³/mol. The third-order valence-corrected chi connectivity index (χ3v) is 3.30. The maximum Gasteiger partial charge on any atom is 0.258 e. The average Bonchev–Trinajstić information content (AvgIpc) is 3.20. The van der Waals surface area contributed by atoms with Crippen molar-refractivity contribution in [3.05, 3.63) is 30.1 Å². The minimum Gasteiger partial charge on any atom is -0.481 e. The quantitative estimate of drug-likeness (QED) is 0.821. The van der Waals surface area contributed by atoms with Gasteiger partial charge in [-0.3, -0.25) is 4.79 Å². The second-order valence-corrected chi connectivity index (χ2v) is 5.13. The fourth-order valence-electron chi connectivity index (χ4n) is 1.88. The molecule has 0 spiro atoms. The van der Waals surface area contributed by atoms with Crippen LogP contribution in [0.3, 0.4) is 0 Å². The van der Waals surface area contributed by atoms with Gasteiger partial charge in [-0.1, -0.05) is 12.1 Å². The zero-order valence-corrected chi connectivity index (χ0v) is 10.9. The molecule has 2 N–H and O–H groups in total. The number of hydrogen-bond donors (Lipinski definition) is 2. The number of para-hydroxylation sites is 1. The molecule has 0 saturated heterocycles. The van der Waals surface area contributed by atoms with E-state index in [0.29, 0.717) is 0 Å². The van der Waals surface area contributed by atoms with E-state index in [1.165, 1.54) is 12.1 Å². The van der Waals surface area contributed by atoms with Crippen LogP contribution in [0.5, 0.6) is 5.75 Å². The molecular formula is C14H18FNO3. The summed E-state index contributed by atoms with van der Waals surface area (Å²) >= 11 is 0. The molecule has 104 valence electrons. The number of hydrogen-bond acceptors (Lipinski definition) is 3. The highest BCUT2D eigenvalue weighted by atomic mass is 19.1. The Labute approximate surface area is 111 Å². The number of ether oxygens (including phenoxy) is 1. The van der Waals surface area contributed by atoms with Crippen LogP contribution in [0.2, 0.25) is 0 Å². The van der Waals surface area contributed by atoms with E-state index in [2.05, 4.69) is 5.32 Å². The van der Waals surface area contributed by atoms with Gasteiger partial charge < -0.3 is 15.2 Å². The lowest BCUT2D eigenvalue weighted by molar-refractivity contribution is -0.124. The van der Waals surface area contributed by atoms with Crippen molar-refractivity contribution >= 4 is 5.91 Å². The fourth-order valence-corrected chi connectivity index (χ4v) is 1.88. The number of carbonyl (C=O) groups is 1. The second kappa shape index (κ2) is 5.57. The SMILES string of the molecule is C[C@@](O)(CNC(=O)COc1ccccc1F)C1CC1. The Morgan fingerprint density at radius 1 is 1.53 bits per heavy atom. The van der Waals surface area contributed by atoms with E-state index in [4.69, 9.17) is 4.74 Å². The molecule has 1 aliphatic carbocycles. The highest BCUT2D eigenvalue weighted by Crippen LogP contribution is 2.38. The number of amides is 1. The van der Waals surface area contributed by atoms with Crippen LogP contribution in [0.4, 0.5) is 4.39 Å². The summed E-state index contributed by atoms with van der Waals surface area (Å²) in [4.78, 5) is 11.5. The highest BCUT2D eigenvalue weighted by Gasteiger charge is 2.39. The topological polar surface area (TPSA) is 58.6 Å². The van der Waals surface area contributed by atoms with Gasteiger partial charge in [-0.25, -0.2) is 4.39 Å². The first-order chi connectivity index (χ1) is 8.99. The number of benzene rings is 1. The van der Waals surface area contributed by atoms with Crippen LogP contribution in [-0.2, 0) is 4.79 Å². The van der Waals surface area contributed by atoms with Gasteiger partial charge in [-0.15, -0.1) is 0 Å². The smallest absolute Gasteiger partial charge is 0.258 e. The highest BCUT2D eigenvalue weighted by molar-refractivity contribution is 5.77. The van der Waals surface area contributed by atoms with Gasteiger partial charge >= 0.3 is 0 Å². The molecule has 0 unspecified atom stereocenters. The van der Waals surface area contributed by atoms with E-state index in [0.717, 1.165) is 12.8 Å². The lowest BCUT2D eigenvalue weighted by atomic mass is 10.0. The maximum atomic E-state index is 13.2. The fraction of sp³-hybridized carbons (Fsp3) is 0.500. The third kappa shape index (κ3) is 3.92. The largest absolute Gasteiger partial charge is 0.481 e. The molecule has 2 rings (SSSR count). The predicted octanol–water partition coefficient (Wildman–Crippen LogP) is 1.48. The van der Waals surface area contributed by atoms with Crippen LogP contribution >= 0.6 is 0 Å². The Hall–Kier alpha value is -1.62. The average molecular weight is 267 g/mol. The zero-order valence-electron chi connectivity index (χ0n) is 10.9. The van der Waals surface area contributed by atoms with Crippen molar-refractivity contribution < 1.29 is 19.0 Å². The Morgan fingerprint density at radius 2 is 2.21 bits per heavy atom. The van der Waals surface area contributed by atoms with Gasteiger partial charge in [-0.2, -0.15) is 0 Å². The first-order valence-corrected chi connectivity index (χ1v) is 6.35. The van der Waals surface area contributed by atoms with E-state index in [1.54, 1.807) is 19.1 Å². The summed E-state index contributed by atoms with van der Waals surface area (Å²) in [5.74, 6) is -0.559. The van der Waals surface area contributed by atoms with Crippen LogP contribution in [0, 0.1) is 11.7 Å². The van der Waals surface area contributed by atoms with E-state index in [9.17, 15) is 14.3 Å². The van der Waals surface area contributed by atoms with Crippen molar-refractivity contribution in [2.75, 3.05) is 13.2 Å². The molecule has 19 heavy (non-hydrogen) atoms. The Balaban J connectivity index is 1.74. The molecule has 1 aliphatic rings. The van der Waals surface area contributed by atoms with Gasteiger partial charge in [0.05, 0.1) is 5.60 Å². The van der Waals surface area contributed by atoms with Crippen LogP contribution < -0.4 is 10.1 Å². The lowest BCUT2D eigenvalue weighted by Crippen LogP contribution is -2.43. The molecule has 1 fully saturated rings. The summed E-state index contributed by atoms with van der Waals surface area (Å²) in [6.07, 6.45) is 1.99. The minimum absolute atomic E-state index is 0.0478. The van der Waals surface area contributed by atoms with Gasteiger partial charge in [-0.05, 0) is 37.8 Å². The Bertz CT molecular complexity index is 458. The monoisotopic (exact) mass is 267 g/mol. The molecular weight excluding hydrogens is 249 g/mol.